The van der Waals surface area contributed by atoms with E-state index in [2.05, 4.69) is 10.3 Å². The van der Waals surface area contributed by atoms with Crippen LogP contribution in [0.15, 0.2) is 35.5 Å². The van der Waals surface area contributed by atoms with E-state index in [0.717, 1.165) is 4.88 Å². The minimum atomic E-state index is -0.404. The summed E-state index contributed by atoms with van der Waals surface area (Å²) in [5.74, 6) is 0.165. The summed E-state index contributed by atoms with van der Waals surface area (Å²) in [7, 11) is 1.55. The molecule has 140 valence electrons. The molecule has 2 aromatic rings. The highest BCUT2D eigenvalue weighted by atomic mass is 32.1. The van der Waals surface area contributed by atoms with Gasteiger partial charge in [-0.25, -0.2) is 0 Å². The van der Waals surface area contributed by atoms with Crippen LogP contribution in [-0.2, 0) is 4.79 Å². The largest absolute Gasteiger partial charge is 0.497 e. The van der Waals surface area contributed by atoms with Gasteiger partial charge in [-0.05, 0) is 45.4 Å². The molecule has 7 heteroatoms. The Hall–Kier alpha value is -2.41. The highest BCUT2D eigenvalue weighted by Gasteiger charge is 2.21. The average Bonchev–Trinajstić information content (AvgIpc) is 2.95. The van der Waals surface area contributed by atoms with Crippen LogP contribution in [0.5, 0.6) is 5.75 Å². The van der Waals surface area contributed by atoms with Gasteiger partial charge in [-0.15, -0.1) is 11.3 Å². The van der Waals surface area contributed by atoms with Gasteiger partial charge in [0.1, 0.15) is 11.8 Å². The first-order chi connectivity index (χ1) is 12.3. The Kier molecular flexibility index (Phi) is 6.74. The maximum atomic E-state index is 12.6. The van der Waals surface area contributed by atoms with Gasteiger partial charge in [0.15, 0.2) is 4.80 Å². The normalized spacial score (nSPS) is 12.9. The van der Waals surface area contributed by atoms with E-state index in [1.165, 1.54) is 11.3 Å². The number of aryl methyl sites for hydroxylation is 1. The van der Waals surface area contributed by atoms with Gasteiger partial charge in [0.25, 0.3) is 5.91 Å². The Morgan fingerprint density at radius 3 is 2.69 bits per heavy atom. The van der Waals surface area contributed by atoms with E-state index >= 15 is 0 Å². The second-order valence-corrected chi connectivity index (χ2v) is 7.48. The predicted molar refractivity (Wildman–Crippen MR) is 103 cm³/mol. The van der Waals surface area contributed by atoms with Crippen LogP contribution in [0.1, 0.15) is 48.5 Å². The van der Waals surface area contributed by atoms with Crippen molar-refractivity contribution >= 4 is 23.2 Å². The third kappa shape index (κ3) is 4.82. The van der Waals surface area contributed by atoms with Crippen LogP contribution in [0.4, 0.5) is 0 Å². The van der Waals surface area contributed by atoms with Gasteiger partial charge in [-0.2, -0.15) is 4.99 Å². The fraction of sp³-hybridized carbons (Fsp3) is 0.421. The van der Waals surface area contributed by atoms with Crippen molar-refractivity contribution < 1.29 is 14.3 Å². The number of methoxy groups -OCH3 is 1. The molecule has 2 amide bonds. The quantitative estimate of drug-likeness (QED) is 0.843. The summed E-state index contributed by atoms with van der Waals surface area (Å²) in [6.45, 7) is 7.72. The molecule has 0 aliphatic carbocycles. The Labute approximate surface area is 157 Å². The molecule has 0 fully saturated rings. The minimum Gasteiger partial charge on any atom is -0.497 e. The van der Waals surface area contributed by atoms with Crippen molar-refractivity contribution in [3.63, 3.8) is 0 Å². The molecule has 1 heterocycles. The van der Waals surface area contributed by atoms with Gasteiger partial charge in [-0.3, -0.25) is 9.59 Å². The first kappa shape index (κ1) is 19.9. The van der Waals surface area contributed by atoms with Gasteiger partial charge < -0.3 is 14.6 Å². The lowest BCUT2D eigenvalue weighted by atomic mass is 10.2. The summed E-state index contributed by atoms with van der Waals surface area (Å²) in [4.78, 5) is 30.9. The first-order valence-electron chi connectivity index (χ1n) is 8.57. The van der Waals surface area contributed by atoms with Crippen LogP contribution in [0.3, 0.4) is 0 Å². The van der Waals surface area contributed by atoms with Crippen LogP contribution in [0.25, 0.3) is 0 Å². The Morgan fingerprint density at radius 2 is 2.08 bits per heavy atom. The van der Waals surface area contributed by atoms with Gasteiger partial charge >= 0.3 is 0 Å². The second-order valence-electron chi connectivity index (χ2n) is 6.27. The number of hydrogen-bond acceptors (Lipinski definition) is 4. The number of amides is 2. The highest BCUT2D eigenvalue weighted by Crippen LogP contribution is 2.15. The van der Waals surface area contributed by atoms with E-state index in [-0.39, 0.29) is 17.9 Å². The molecule has 1 aromatic heterocycles. The van der Waals surface area contributed by atoms with Crippen molar-refractivity contribution in [2.75, 3.05) is 7.11 Å². The molecule has 0 bridgehead atoms. The molecule has 0 saturated carbocycles. The fourth-order valence-corrected chi connectivity index (χ4v) is 3.44. The van der Waals surface area contributed by atoms with Crippen LogP contribution < -0.4 is 14.9 Å². The zero-order chi connectivity index (χ0) is 19.3. The number of rotatable bonds is 6. The zero-order valence-electron chi connectivity index (χ0n) is 15.8. The molecule has 0 aliphatic heterocycles. The molecule has 0 saturated heterocycles. The molecule has 26 heavy (non-hydrogen) atoms. The Balaban J connectivity index is 2.42. The van der Waals surface area contributed by atoms with Gasteiger partial charge in [0, 0.05) is 22.7 Å². The number of ether oxygens (including phenoxy) is 1. The molecule has 0 spiro atoms. The predicted octanol–water partition coefficient (Wildman–Crippen LogP) is 3.08. The third-order valence-corrected chi connectivity index (χ3v) is 4.68. The summed E-state index contributed by atoms with van der Waals surface area (Å²) in [5.41, 5.74) is 0.446. The lowest BCUT2D eigenvalue weighted by molar-refractivity contribution is -0.125. The summed E-state index contributed by atoms with van der Waals surface area (Å²) in [5, 5.41) is 2.93. The molecule has 0 unspecified atom stereocenters. The zero-order valence-corrected chi connectivity index (χ0v) is 16.6. The third-order valence-electron chi connectivity index (χ3n) is 3.76. The molecule has 1 aromatic carbocycles. The molecule has 6 nitrogen and oxygen atoms in total. The number of nitrogens with zero attached hydrogens (tertiary/aromatic N) is 2. The Bertz CT molecular complexity index is 852. The van der Waals surface area contributed by atoms with Gasteiger partial charge in [0.05, 0.1) is 7.11 Å². The molecule has 2 rings (SSSR count). The monoisotopic (exact) mass is 375 g/mol. The van der Waals surface area contributed by atoms with Crippen LogP contribution in [0, 0.1) is 6.92 Å². The number of benzene rings is 1. The number of hydrogen-bond donors (Lipinski definition) is 1. The van der Waals surface area contributed by atoms with E-state index in [1.807, 2.05) is 33.9 Å². The summed E-state index contributed by atoms with van der Waals surface area (Å²) in [6.07, 6.45) is 2.48. The average molecular weight is 375 g/mol. The van der Waals surface area contributed by atoms with Gasteiger partial charge in [0.2, 0.25) is 5.91 Å². The highest BCUT2D eigenvalue weighted by molar-refractivity contribution is 7.09. The number of thiazole rings is 1. The second kappa shape index (κ2) is 8.80. The van der Waals surface area contributed by atoms with Crippen LogP contribution in [0.2, 0.25) is 0 Å². The number of carbonyl (C=O) groups is 2. The molecule has 0 radical (unpaired) electrons. The molecular weight excluding hydrogens is 350 g/mol. The SMILES string of the molecule is CC[C@@H](C(=O)NC(C)C)n1cc(C)sc1=NC(=O)c1cccc(OC)c1. The molecular formula is C19H25N3O3S. The van der Waals surface area contributed by atoms with Crippen molar-refractivity contribution in [2.24, 2.45) is 4.99 Å². The van der Waals surface area contributed by atoms with E-state index in [0.29, 0.717) is 22.5 Å². The van der Waals surface area contributed by atoms with Crippen molar-refractivity contribution in [1.82, 2.24) is 9.88 Å². The number of aromatic nitrogens is 1. The summed E-state index contributed by atoms with van der Waals surface area (Å²) >= 11 is 1.39. The minimum absolute atomic E-state index is 0.0516. The van der Waals surface area contributed by atoms with Crippen molar-refractivity contribution in [1.29, 1.82) is 0 Å². The lowest BCUT2D eigenvalue weighted by Gasteiger charge is -2.18. The topological polar surface area (TPSA) is 72.7 Å². The van der Waals surface area contributed by atoms with E-state index in [9.17, 15) is 9.59 Å². The van der Waals surface area contributed by atoms with Crippen LogP contribution >= 0.6 is 11.3 Å². The van der Waals surface area contributed by atoms with E-state index < -0.39 is 6.04 Å². The first-order valence-corrected chi connectivity index (χ1v) is 9.39. The molecule has 0 aliphatic rings. The fourth-order valence-electron chi connectivity index (χ4n) is 2.57. The van der Waals surface area contributed by atoms with Crippen molar-refractivity contribution in [2.45, 2.75) is 46.2 Å². The molecule has 1 N–H and O–H groups in total. The van der Waals surface area contributed by atoms with Crippen molar-refractivity contribution in [3.05, 3.63) is 45.7 Å². The maximum Gasteiger partial charge on any atom is 0.279 e. The van der Waals surface area contributed by atoms with E-state index in [1.54, 1.807) is 35.9 Å². The summed E-state index contributed by atoms with van der Waals surface area (Å²) < 4.78 is 6.95. The standard InChI is InChI=1S/C19H25N3O3S/c1-6-16(18(24)20-12(2)3)22-11-13(4)26-19(22)21-17(23)14-8-7-9-15(10-14)25-5/h7-12,16H,6H2,1-5H3,(H,20,24)/t16-/m0/s1. The number of carbonyl (C=O) groups excluding carboxylic acids is 2. The lowest BCUT2D eigenvalue weighted by Crippen LogP contribution is -2.39. The van der Waals surface area contributed by atoms with E-state index in [4.69, 9.17) is 4.74 Å². The van der Waals surface area contributed by atoms with Crippen molar-refractivity contribution in [3.8, 4) is 5.75 Å². The Morgan fingerprint density at radius 1 is 1.35 bits per heavy atom. The maximum absolute atomic E-state index is 12.6. The van der Waals surface area contributed by atoms with Crippen LogP contribution in [-0.4, -0.2) is 29.5 Å². The van der Waals surface area contributed by atoms with Gasteiger partial charge in [-0.1, -0.05) is 13.0 Å². The number of nitrogens with one attached hydrogen (secondary N) is 1. The smallest absolute Gasteiger partial charge is 0.279 e. The molecule has 1 atom stereocenters. The summed E-state index contributed by atoms with van der Waals surface area (Å²) in [6, 6.07) is 6.52.